The van der Waals surface area contributed by atoms with Gasteiger partial charge >= 0.3 is 5.97 Å². The van der Waals surface area contributed by atoms with Gasteiger partial charge < -0.3 is 15.2 Å². The molecule has 184 valence electrons. The number of anilines is 1. The minimum Gasteiger partial charge on any atom is -0.497 e. The van der Waals surface area contributed by atoms with Crippen molar-refractivity contribution in [1.29, 1.82) is 0 Å². The Morgan fingerprint density at radius 2 is 1.89 bits per heavy atom. The van der Waals surface area contributed by atoms with Gasteiger partial charge in [0, 0.05) is 17.1 Å². The molecule has 10 heteroatoms. The Balaban J connectivity index is 1.59. The summed E-state index contributed by atoms with van der Waals surface area (Å²) < 4.78 is 5.20. The van der Waals surface area contributed by atoms with Crippen LogP contribution in [-0.2, 0) is 16.1 Å². The second kappa shape index (κ2) is 11.3. The second-order valence-electron chi connectivity index (χ2n) is 7.89. The van der Waals surface area contributed by atoms with E-state index < -0.39 is 17.1 Å². The fraction of sp³-hybridized carbons (Fsp3) is 0.154. The van der Waals surface area contributed by atoms with E-state index in [9.17, 15) is 19.5 Å². The van der Waals surface area contributed by atoms with Crippen LogP contribution >= 0.6 is 23.4 Å². The number of rotatable bonds is 7. The van der Waals surface area contributed by atoms with Crippen molar-refractivity contribution in [3.63, 3.8) is 0 Å². The Kier molecular flexibility index (Phi) is 7.92. The Hall–Kier alpha value is -3.82. The summed E-state index contributed by atoms with van der Waals surface area (Å²) in [6, 6.07) is 20.2. The zero-order valence-corrected chi connectivity index (χ0v) is 20.8. The van der Waals surface area contributed by atoms with E-state index in [1.807, 2.05) is 24.3 Å². The molecule has 4 rings (SSSR count). The van der Waals surface area contributed by atoms with Crippen LogP contribution in [0.5, 0.6) is 5.75 Å². The molecule has 36 heavy (non-hydrogen) atoms. The fourth-order valence-corrected chi connectivity index (χ4v) is 4.80. The van der Waals surface area contributed by atoms with Crippen molar-refractivity contribution in [3.05, 3.63) is 88.9 Å². The molecular weight excluding hydrogens is 502 g/mol. The number of nitrogens with zero attached hydrogens (tertiary/aromatic N) is 2. The van der Waals surface area contributed by atoms with Crippen molar-refractivity contribution in [3.8, 4) is 5.75 Å². The number of carbonyl (C=O) groups is 3. The molecule has 3 aromatic rings. The molecule has 0 saturated carbocycles. The molecule has 0 aromatic heterocycles. The van der Waals surface area contributed by atoms with Gasteiger partial charge in [-0.15, -0.1) is 0 Å². The molecule has 0 bridgehead atoms. The third-order valence-corrected chi connectivity index (χ3v) is 6.76. The zero-order valence-electron chi connectivity index (χ0n) is 19.2. The van der Waals surface area contributed by atoms with Gasteiger partial charge in [-0.3, -0.25) is 14.5 Å². The number of ether oxygens (including phenoxy) is 1. The average Bonchev–Trinajstić information content (AvgIpc) is 2.86. The standard InChI is InChI=1S/C26H22ClN3O5S/c1-35-21-10-8-16(9-11-21)15-30-23(31)14-22(36-26(30)29-20-7-3-5-18(27)13-20)24(32)28-19-6-2-4-17(12-19)25(33)34/h2-13,22H,14-15H2,1H3,(H,28,32)(H,33,34). The van der Waals surface area contributed by atoms with Crippen molar-refractivity contribution >= 4 is 57.7 Å². The summed E-state index contributed by atoms with van der Waals surface area (Å²) >= 11 is 7.28. The largest absolute Gasteiger partial charge is 0.497 e. The highest BCUT2D eigenvalue weighted by atomic mass is 35.5. The van der Waals surface area contributed by atoms with E-state index in [0.717, 1.165) is 5.56 Å². The van der Waals surface area contributed by atoms with Gasteiger partial charge in [-0.2, -0.15) is 0 Å². The van der Waals surface area contributed by atoms with E-state index in [4.69, 9.17) is 16.3 Å². The Labute approximate surface area is 216 Å². The monoisotopic (exact) mass is 523 g/mol. The van der Waals surface area contributed by atoms with Gasteiger partial charge in [0.2, 0.25) is 11.8 Å². The van der Waals surface area contributed by atoms with Crippen LogP contribution in [0.4, 0.5) is 11.4 Å². The molecule has 1 heterocycles. The normalized spacial score (nSPS) is 16.6. The lowest BCUT2D eigenvalue weighted by Crippen LogP contribution is -2.44. The van der Waals surface area contributed by atoms with E-state index in [2.05, 4.69) is 10.3 Å². The minimum atomic E-state index is -1.10. The maximum Gasteiger partial charge on any atom is 0.335 e. The van der Waals surface area contributed by atoms with Crippen molar-refractivity contribution < 1.29 is 24.2 Å². The number of halogens is 1. The quantitative estimate of drug-likeness (QED) is 0.440. The van der Waals surface area contributed by atoms with E-state index in [1.54, 1.807) is 48.4 Å². The van der Waals surface area contributed by atoms with Crippen LogP contribution in [0.3, 0.4) is 0 Å². The van der Waals surface area contributed by atoms with Crippen LogP contribution in [0, 0.1) is 0 Å². The summed E-state index contributed by atoms with van der Waals surface area (Å²) in [4.78, 5) is 43.7. The third-order valence-electron chi connectivity index (χ3n) is 5.34. The summed E-state index contributed by atoms with van der Waals surface area (Å²) in [5.74, 6) is -1.07. The van der Waals surface area contributed by atoms with Crippen LogP contribution in [0.25, 0.3) is 0 Å². The number of aromatic carboxylic acids is 1. The number of carbonyl (C=O) groups excluding carboxylic acids is 2. The number of hydrogen-bond acceptors (Lipinski definition) is 6. The molecular formula is C26H22ClN3O5S. The number of hydrogen-bond donors (Lipinski definition) is 2. The fourth-order valence-electron chi connectivity index (χ4n) is 3.52. The molecule has 2 N–H and O–H groups in total. The molecule has 1 aliphatic heterocycles. The van der Waals surface area contributed by atoms with Crippen LogP contribution in [0.1, 0.15) is 22.3 Å². The van der Waals surface area contributed by atoms with Gasteiger partial charge in [0.15, 0.2) is 5.17 Å². The molecule has 1 fully saturated rings. The first kappa shape index (κ1) is 25.3. The van der Waals surface area contributed by atoms with Crippen LogP contribution in [0.2, 0.25) is 5.02 Å². The molecule has 0 aliphatic carbocycles. The van der Waals surface area contributed by atoms with E-state index in [0.29, 0.717) is 27.3 Å². The van der Waals surface area contributed by atoms with Crippen molar-refractivity contribution in [2.24, 2.45) is 4.99 Å². The number of thioether (sulfide) groups is 1. The molecule has 1 aliphatic rings. The highest BCUT2D eigenvalue weighted by molar-refractivity contribution is 8.15. The minimum absolute atomic E-state index is 0.0418. The highest BCUT2D eigenvalue weighted by Crippen LogP contribution is 2.32. The van der Waals surface area contributed by atoms with Gasteiger partial charge in [-0.25, -0.2) is 9.79 Å². The number of carboxylic acids is 1. The van der Waals surface area contributed by atoms with Gasteiger partial charge in [-0.1, -0.05) is 47.6 Å². The van der Waals surface area contributed by atoms with Gasteiger partial charge in [0.25, 0.3) is 0 Å². The number of carboxylic acid groups (broad SMARTS) is 1. The first-order chi connectivity index (χ1) is 17.3. The van der Waals surface area contributed by atoms with Crippen molar-refractivity contribution in [1.82, 2.24) is 4.90 Å². The average molecular weight is 524 g/mol. The molecule has 3 aromatic carbocycles. The van der Waals surface area contributed by atoms with E-state index in [-0.39, 0.29) is 24.4 Å². The van der Waals surface area contributed by atoms with Crippen LogP contribution in [0.15, 0.2) is 77.8 Å². The first-order valence-corrected chi connectivity index (χ1v) is 12.2. The predicted molar refractivity (Wildman–Crippen MR) is 140 cm³/mol. The maximum atomic E-state index is 13.2. The number of aliphatic imine (C=N–C) groups is 1. The lowest BCUT2D eigenvalue weighted by atomic mass is 10.1. The summed E-state index contributed by atoms with van der Waals surface area (Å²) in [5.41, 5.74) is 1.81. The summed E-state index contributed by atoms with van der Waals surface area (Å²) in [6.07, 6.45) is -0.0418. The lowest BCUT2D eigenvalue weighted by molar-refractivity contribution is -0.129. The van der Waals surface area contributed by atoms with Crippen LogP contribution in [-0.4, -0.2) is 45.3 Å². The summed E-state index contributed by atoms with van der Waals surface area (Å²) in [5, 5.41) is 12.0. The molecule has 8 nitrogen and oxygen atoms in total. The number of methoxy groups -OCH3 is 1. The molecule has 0 radical (unpaired) electrons. The maximum absolute atomic E-state index is 13.2. The Morgan fingerprint density at radius 3 is 2.58 bits per heavy atom. The third kappa shape index (κ3) is 6.24. The van der Waals surface area contributed by atoms with Crippen molar-refractivity contribution in [2.75, 3.05) is 12.4 Å². The summed E-state index contributed by atoms with van der Waals surface area (Å²) in [7, 11) is 1.58. The number of amides is 2. The van der Waals surface area contributed by atoms with Gasteiger partial charge in [0.1, 0.15) is 11.0 Å². The SMILES string of the molecule is COc1ccc(CN2C(=O)CC(C(=O)Nc3cccc(C(=O)O)c3)SC2=Nc2cccc(Cl)c2)cc1. The van der Waals surface area contributed by atoms with Crippen LogP contribution < -0.4 is 10.1 Å². The van der Waals surface area contributed by atoms with Gasteiger partial charge in [-0.05, 0) is 54.1 Å². The van der Waals surface area contributed by atoms with Gasteiger partial charge in [0.05, 0.1) is 24.9 Å². The lowest BCUT2D eigenvalue weighted by Gasteiger charge is -2.32. The Morgan fingerprint density at radius 1 is 1.14 bits per heavy atom. The van der Waals surface area contributed by atoms with E-state index in [1.165, 1.54) is 23.9 Å². The van der Waals surface area contributed by atoms with E-state index >= 15 is 0 Å². The predicted octanol–water partition coefficient (Wildman–Crippen LogP) is 5.21. The highest BCUT2D eigenvalue weighted by Gasteiger charge is 2.36. The number of benzene rings is 3. The molecule has 1 saturated heterocycles. The Bertz CT molecular complexity index is 1330. The second-order valence-corrected chi connectivity index (χ2v) is 9.49. The molecule has 0 spiro atoms. The topological polar surface area (TPSA) is 108 Å². The zero-order chi connectivity index (χ0) is 25.7. The number of nitrogens with one attached hydrogen (secondary N) is 1. The molecule has 2 amide bonds. The first-order valence-electron chi connectivity index (χ1n) is 10.9. The van der Waals surface area contributed by atoms with Crippen molar-refractivity contribution in [2.45, 2.75) is 18.2 Å². The summed E-state index contributed by atoms with van der Waals surface area (Å²) in [6.45, 7) is 0.268. The molecule has 1 unspecified atom stereocenters. The molecule has 1 atom stereocenters. The number of amidine groups is 1. The smallest absolute Gasteiger partial charge is 0.335 e.